The molecule has 284 valence electrons. The minimum Gasteiger partial charge on any atom is -0.506 e. The van der Waals surface area contributed by atoms with E-state index in [0.29, 0.717) is 49.2 Å². The van der Waals surface area contributed by atoms with E-state index in [4.69, 9.17) is 14.2 Å². The first-order chi connectivity index (χ1) is 25.7. The molecule has 2 aliphatic rings. The second-order valence-electron chi connectivity index (χ2n) is 14.2. The van der Waals surface area contributed by atoms with Crippen molar-refractivity contribution in [3.05, 3.63) is 99.8 Å². The number of nitrogens with one attached hydrogen (secondary N) is 2. The molecule has 4 aromatic rings. The number of rotatable bonds is 16. The van der Waals surface area contributed by atoms with Crippen molar-refractivity contribution in [1.82, 2.24) is 20.1 Å². The van der Waals surface area contributed by atoms with Crippen LogP contribution in [0.25, 0.3) is 10.9 Å². The number of aliphatic hydroxyl groups is 1. The standard InChI is InChI=1S/C41H53N5O7/c1-44(21-18-42-27-37(48)34-10-12-36(47)40-35(34)11-13-38(49)43-40)39(50)15-24-52-23-14-30-4-3-5-31(26-30)28-45-19-16-41(17-20-45)29-46(22-25-53-41)32-6-8-33(51-2)9-7-32/h3-13,26,37,42,47-48H,14-25,27-29H2,1-2H3,(H,43,49)/t37-/m0/s1. The van der Waals surface area contributed by atoms with Crippen molar-refractivity contribution in [2.75, 3.05) is 84.7 Å². The van der Waals surface area contributed by atoms with Gasteiger partial charge >= 0.3 is 0 Å². The maximum Gasteiger partial charge on any atom is 0.248 e. The van der Waals surface area contributed by atoms with E-state index in [9.17, 15) is 19.8 Å². The molecule has 2 fully saturated rings. The highest BCUT2D eigenvalue weighted by Crippen LogP contribution is 2.33. The summed E-state index contributed by atoms with van der Waals surface area (Å²) in [5.41, 5.74) is 4.22. The Bertz CT molecular complexity index is 1860. The molecule has 2 saturated heterocycles. The van der Waals surface area contributed by atoms with E-state index in [1.165, 1.54) is 28.9 Å². The lowest BCUT2D eigenvalue weighted by molar-refractivity contribution is -0.131. The normalized spacial score (nSPS) is 16.5. The van der Waals surface area contributed by atoms with E-state index < -0.39 is 6.10 Å². The van der Waals surface area contributed by atoms with Gasteiger partial charge in [-0.15, -0.1) is 0 Å². The molecule has 4 N–H and O–H groups in total. The Morgan fingerprint density at radius 2 is 1.83 bits per heavy atom. The second-order valence-corrected chi connectivity index (χ2v) is 14.2. The van der Waals surface area contributed by atoms with Gasteiger partial charge in [0.2, 0.25) is 11.5 Å². The van der Waals surface area contributed by atoms with Crippen LogP contribution in [0.1, 0.15) is 42.1 Å². The summed E-state index contributed by atoms with van der Waals surface area (Å²) in [4.78, 5) is 33.6. The van der Waals surface area contributed by atoms with Crippen LogP contribution < -0.4 is 20.5 Å². The van der Waals surface area contributed by atoms with Crippen molar-refractivity contribution in [2.45, 2.75) is 43.9 Å². The van der Waals surface area contributed by atoms with Crippen LogP contribution in [-0.4, -0.2) is 116 Å². The zero-order valence-corrected chi connectivity index (χ0v) is 30.9. The van der Waals surface area contributed by atoms with Crippen LogP contribution in [0, 0.1) is 0 Å². The van der Waals surface area contributed by atoms with Gasteiger partial charge in [0, 0.05) is 76.5 Å². The Kier molecular flexibility index (Phi) is 13.0. The molecule has 3 heterocycles. The average molecular weight is 728 g/mol. The number of H-pyrrole nitrogens is 1. The van der Waals surface area contributed by atoms with Crippen LogP contribution in [0.3, 0.4) is 0 Å². The fraction of sp³-hybridized carbons (Fsp3) is 0.463. The molecular weight excluding hydrogens is 674 g/mol. The van der Waals surface area contributed by atoms with Crippen molar-refractivity contribution in [3.8, 4) is 11.5 Å². The number of ether oxygens (including phenoxy) is 3. The SMILES string of the molecule is COc1ccc(N2CCOC3(CCN(Cc4cccc(CCOCCC(=O)N(C)CCNC[C@H](O)c5ccc(O)c6[nH]c(=O)ccc56)c4)CC3)C2)cc1. The Balaban J connectivity index is 0.851. The maximum absolute atomic E-state index is 12.7. The van der Waals surface area contributed by atoms with Crippen LogP contribution in [0.4, 0.5) is 5.69 Å². The van der Waals surface area contributed by atoms with E-state index in [1.54, 1.807) is 31.2 Å². The van der Waals surface area contributed by atoms with Gasteiger partial charge in [0.25, 0.3) is 0 Å². The van der Waals surface area contributed by atoms with Gasteiger partial charge in [-0.1, -0.05) is 30.3 Å². The number of amides is 1. The third kappa shape index (κ3) is 10.2. The van der Waals surface area contributed by atoms with Gasteiger partial charge in [0.1, 0.15) is 11.5 Å². The number of nitrogens with zero attached hydrogens (tertiary/aromatic N) is 3. The molecule has 12 heteroatoms. The van der Waals surface area contributed by atoms with Crippen LogP contribution in [-0.2, 0) is 27.2 Å². The number of fused-ring (bicyclic) bond motifs is 1. The number of piperidine rings is 1. The van der Waals surface area contributed by atoms with Gasteiger partial charge in [-0.05, 0) is 72.4 Å². The fourth-order valence-electron chi connectivity index (χ4n) is 7.33. The number of phenolic OH excluding ortho intramolecular Hbond substituents is 1. The number of hydrogen-bond acceptors (Lipinski definition) is 10. The van der Waals surface area contributed by atoms with Crippen molar-refractivity contribution < 1.29 is 29.2 Å². The molecular formula is C41H53N5O7. The van der Waals surface area contributed by atoms with Crippen LogP contribution >= 0.6 is 0 Å². The molecule has 12 nitrogen and oxygen atoms in total. The number of aromatic hydroxyl groups is 1. The lowest BCUT2D eigenvalue weighted by Crippen LogP contribution is -2.56. The number of aliphatic hydroxyl groups excluding tert-OH is 1. The monoisotopic (exact) mass is 727 g/mol. The van der Waals surface area contributed by atoms with Crippen molar-refractivity contribution >= 4 is 22.5 Å². The molecule has 6 rings (SSSR count). The highest BCUT2D eigenvalue weighted by atomic mass is 16.5. The number of methoxy groups -OCH3 is 1. The van der Waals surface area contributed by atoms with Crippen molar-refractivity contribution in [1.29, 1.82) is 0 Å². The number of aromatic amines is 1. The maximum atomic E-state index is 12.7. The first kappa shape index (κ1) is 38.3. The van der Waals surface area contributed by atoms with Gasteiger partial charge in [-0.3, -0.25) is 14.5 Å². The zero-order valence-electron chi connectivity index (χ0n) is 30.9. The van der Waals surface area contributed by atoms with E-state index in [1.807, 2.05) is 12.1 Å². The van der Waals surface area contributed by atoms with Crippen LogP contribution in [0.5, 0.6) is 11.5 Å². The molecule has 0 saturated carbocycles. The summed E-state index contributed by atoms with van der Waals surface area (Å²) in [6.45, 7) is 7.64. The molecule has 1 atom stereocenters. The molecule has 2 aliphatic heterocycles. The van der Waals surface area contributed by atoms with Crippen LogP contribution in [0.15, 0.2) is 77.6 Å². The summed E-state index contributed by atoms with van der Waals surface area (Å²) in [5.74, 6) is 0.823. The number of anilines is 1. The number of carbonyl (C=O) groups excluding carboxylic acids is 1. The number of pyridine rings is 1. The quantitative estimate of drug-likeness (QED) is 0.126. The van der Waals surface area contributed by atoms with Crippen molar-refractivity contribution in [2.24, 2.45) is 0 Å². The van der Waals surface area contributed by atoms with E-state index in [0.717, 1.165) is 64.3 Å². The smallest absolute Gasteiger partial charge is 0.248 e. The zero-order chi connectivity index (χ0) is 37.2. The topological polar surface area (TPSA) is 140 Å². The Morgan fingerprint density at radius 1 is 1.04 bits per heavy atom. The lowest BCUT2D eigenvalue weighted by Gasteiger charge is -2.48. The number of likely N-dealkylation sites (N-methyl/N-ethyl adjacent to an activating group) is 1. The highest BCUT2D eigenvalue weighted by Gasteiger charge is 2.39. The van der Waals surface area contributed by atoms with Crippen LogP contribution in [0.2, 0.25) is 0 Å². The number of aromatic nitrogens is 1. The highest BCUT2D eigenvalue weighted by molar-refractivity contribution is 5.87. The summed E-state index contributed by atoms with van der Waals surface area (Å²) >= 11 is 0. The van der Waals surface area contributed by atoms with Gasteiger partial charge in [-0.2, -0.15) is 0 Å². The predicted octanol–water partition coefficient (Wildman–Crippen LogP) is 3.84. The molecule has 0 aliphatic carbocycles. The van der Waals surface area contributed by atoms with E-state index in [2.05, 4.69) is 56.5 Å². The van der Waals surface area contributed by atoms with Gasteiger partial charge in [-0.25, -0.2) is 0 Å². The number of carbonyl (C=O) groups is 1. The number of likely N-dealkylation sites (tertiary alicyclic amines) is 1. The molecule has 1 aromatic heterocycles. The predicted molar refractivity (Wildman–Crippen MR) is 206 cm³/mol. The molecule has 0 radical (unpaired) electrons. The number of morpholine rings is 1. The number of benzene rings is 3. The van der Waals surface area contributed by atoms with E-state index in [-0.39, 0.29) is 29.4 Å². The molecule has 3 aromatic carbocycles. The third-order valence-corrected chi connectivity index (χ3v) is 10.5. The lowest BCUT2D eigenvalue weighted by atomic mass is 9.89. The Labute approximate surface area is 311 Å². The fourth-order valence-corrected chi connectivity index (χ4v) is 7.33. The van der Waals surface area contributed by atoms with E-state index >= 15 is 0 Å². The Morgan fingerprint density at radius 3 is 2.62 bits per heavy atom. The Hall–Kier alpha value is -4.46. The molecule has 1 amide bonds. The minimum atomic E-state index is -0.855. The third-order valence-electron chi connectivity index (χ3n) is 10.5. The molecule has 0 unspecified atom stereocenters. The second kappa shape index (κ2) is 18.0. The summed E-state index contributed by atoms with van der Waals surface area (Å²) in [5, 5.41) is 24.6. The summed E-state index contributed by atoms with van der Waals surface area (Å²) < 4.78 is 17.6. The first-order valence-electron chi connectivity index (χ1n) is 18.6. The summed E-state index contributed by atoms with van der Waals surface area (Å²) in [6.07, 6.45) is 2.27. The van der Waals surface area contributed by atoms with Gasteiger partial charge in [0.05, 0.1) is 50.6 Å². The van der Waals surface area contributed by atoms with Gasteiger partial charge in [0.15, 0.2) is 0 Å². The van der Waals surface area contributed by atoms with Gasteiger partial charge < -0.3 is 44.5 Å². The molecule has 0 bridgehead atoms. The first-order valence-corrected chi connectivity index (χ1v) is 18.6. The summed E-state index contributed by atoms with van der Waals surface area (Å²) in [7, 11) is 3.46. The number of hydrogen-bond donors (Lipinski definition) is 4. The number of phenols is 1. The molecule has 1 spiro atoms. The molecule has 53 heavy (non-hydrogen) atoms. The average Bonchev–Trinajstić information content (AvgIpc) is 3.17. The van der Waals surface area contributed by atoms with Crippen molar-refractivity contribution in [3.63, 3.8) is 0 Å². The largest absolute Gasteiger partial charge is 0.506 e. The minimum absolute atomic E-state index is 0.00166. The summed E-state index contributed by atoms with van der Waals surface area (Å²) in [6, 6.07) is 23.1.